The molecule has 7 nitrogen and oxygen atoms in total. The lowest BCUT2D eigenvalue weighted by molar-refractivity contribution is -0.149. The average molecular weight is 630 g/mol. The predicted molar refractivity (Wildman–Crippen MR) is 180 cm³/mol. The highest BCUT2D eigenvalue weighted by Crippen LogP contribution is 2.45. The van der Waals surface area contributed by atoms with Crippen molar-refractivity contribution in [2.75, 3.05) is 12.9 Å². The normalized spacial score (nSPS) is 15.1. The lowest BCUT2D eigenvalue weighted by Gasteiger charge is -2.24. The molecule has 1 unspecified atom stereocenters. The molecule has 0 radical (unpaired) electrons. The molecule has 2 N–H and O–H groups in total. The Hall–Kier alpha value is -3.80. The first-order chi connectivity index (χ1) is 21.6. The Kier molecular flexibility index (Phi) is 10.5. The van der Waals surface area contributed by atoms with Crippen LogP contribution in [0.5, 0.6) is 17.2 Å². The summed E-state index contributed by atoms with van der Waals surface area (Å²) in [5.41, 5.74) is 5.30. The number of fused-ring (bicyclic) bond motifs is 1. The molecule has 0 aliphatic heterocycles. The van der Waals surface area contributed by atoms with E-state index in [1.807, 2.05) is 68.4 Å². The molecule has 1 aliphatic rings. The molecule has 4 aromatic rings. The van der Waals surface area contributed by atoms with Crippen molar-refractivity contribution in [1.82, 2.24) is 5.09 Å². The first-order valence-electron chi connectivity index (χ1n) is 15.9. The van der Waals surface area contributed by atoms with Gasteiger partial charge >= 0.3 is 13.5 Å². The summed E-state index contributed by atoms with van der Waals surface area (Å²) >= 11 is 0. The minimum Gasteiger partial charge on any atom is -0.508 e. The molecule has 1 aliphatic carbocycles. The highest BCUT2D eigenvalue weighted by Gasteiger charge is 2.29. The molecule has 0 heterocycles. The maximum atomic E-state index is 14.3. The Morgan fingerprint density at radius 3 is 2.40 bits per heavy atom. The van der Waals surface area contributed by atoms with Crippen LogP contribution in [0.2, 0.25) is 0 Å². The second kappa shape index (κ2) is 14.5. The van der Waals surface area contributed by atoms with Crippen LogP contribution in [0.3, 0.4) is 0 Å². The molecule has 238 valence electrons. The predicted octanol–water partition coefficient (Wildman–Crippen LogP) is 8.95. The van der Waals surface area contributed by atoms with E-state index in [0.29, 0.717) is 23.7 Å². The van der Waals surface area contributed by atoms with Gasteiger partial charge in [-0.15, -0.1) is 0 Å². The van der Waals surface area contributed by atoms with E-state index in [1.54, 1.807) is 12.1 Å². The van der Waals surface area contributed by atoms with Crippen molar-refractivity contribution in [2.45, 2.75) is 78.2 Å². The summed E-state index contributed by atoms with van der Waals surface area (Å²) in [5, 5.41) is 14.9. The van der Waals surface area contributed by atoms with Gasteiger partial charge < -0.3 is 19.1 Å². The summed E-state index contributed by atoms with van der Waals surface area (Å²) in [6.45, 7) is 7.96. The zero-order chi connectivity index (χ0) is 32.0. The average Bonchev–Trinajstić information content (AvgIpc) is 3.02. The fraction of sp³-hybridized carbons (Fsp3) is 0.378. The molecule has 8 heteroatoms. The van der Waals surface area contributed by atoms with Crippen LogP contribution in [0.25, 0.3) is 10.8 Å². The van der Waals surface area contributed by atoms with Gasteiger partial charge in [-0.1, -0.05) is 68.8 Å². The van der Waals surface area contributed by atoms with Gasteiger partial charge in [-0.05, 0) is 109 Å². The Bertz CT molecular complexity index is 1670. The van der Waals surface area contributed by atoms with E-state index in [9.17, 15) is 14.5 Å². The fourth-order valence-electron chi connectivity index (χ4n) is 5.99. The second-order valence-electron chi connectivity index (χ2n) is 12.4. The van der Waals surface area contributed by atoms with Gasteiger partial charge in [-0.25, -0.2) is 5.09 Å². The summed E-state index contributed by atoms with van der Waals surface area (Å²) < 4.78 is 32.3. The number of aromatic hydroxyl groups is 1. The third-order valence-electron chi connectivity index (χ3n) is 8.48. The van der Waals surface area contributed by atoms with Gasteiger partial charge in [0.15, 0.2) is 6.35 Å². The minimum absolute atomic E-state index is 0.0920. The highest BCUT2D eigenvalue weighted by atomic mass is 31.2. The summed E-state index contributed by atoms with van der Waals surface area (Å²) in [6.07, 6.45) is 5.32. The van der Waals surface area contributed by atoms with Crippen molar-refractivity contribution in [3.8, 4) is 17.2 Å². The zero-order valence-corrected chi connectivity index (χ0v) is 27.6. The minimum atomic E-state index is -3.73. The molecular formula is C37H44NO6P. The lowest BCUT2D eigenvalue weighted by atomic mass is 9.93. The summed E-state index contributed by atoms with van der Waals surface area (Å²) in [6, 6.07) is 23.0. The molecule has 0 amide bonds. The number of ether oxygens (including phenoxy) is 2. The van der Waals surface area contributed by atoms with Gasteiger partial charge in [0.1, 0.15) is 29.9 Å². The van der Waals surface area contributed by atoms with Crippen LogP contribution in [-0.4, -0.2) is 30.1 Å². The van der Waals surface area contributed by atoms with Crippen molar-refractivity contribution < 1.29 is 28.5 Å². The van der Waals surface area contributed by atoms with Crippen LogP contribution in [0.4, 0.5) is 0 Å². The smallest absolute Gasteiger partial charge is 0.354 e. The molecular weight excluding hydrogens is 585 g/mol. The van der Waals surface area contributed by atoms with Gasteiger partial charge in [0.05, 0.1) is 0 Å². The number of esters is 1. The van der Waals surface area contributed by atoms with Gasteiger partial charge in [0.25, 0.3) is 0 Å². The molecule has 1 fully saturated rings. The number of hydrogen-bond acceptors (Lipinski definition) is 6. The van der Waals surface area contributed by atoms with Crippen molar-refractivity contribution >= 4 is 24.3 Å². The van der Waals surface area contributed by atoms with Crippen molar-refractivity contribution in [2.24, 2.45) is 0 Å². The van der Waals surface area contributed by atoms with Crippen molar-refractivity contribution in [3.05, 3.63) is 101 Å². The van der Waals surface area contributed by atoms with E-state index in [-0.39, 0.29) is 24.9 Å². The first kappa shape index (κ1) is 32.6. The van der Waals surface area contributed by atoms with Crippen LogP contribution in [-0.2, 0) is 20.5 Å². The number of rotatable bonds is 12. The van der Waals surface area contributed by atoms with Crippen molar-refractivity contribution in [3.63, 3.8) is 0 Å². The number of carbonyl (C=O) groups excluding carboxylic acids is 1. The van der Waals surface area contributed by atoms with Gasteiger partial charge in [-0.2, -0.15) is 0 Å². The van der Waals surface area contributed by atoms with Crippen LogP contribution in [0.15, 0.2) is 72.8 Å². The molecule has 45 heavy (non-hydrogen) atoms. The van der Waals surface area contributed by atoms with Gasteiger partial charge in [-0.3, -0.25) is 9.36 Å². The van der Waals surface area contributed by atoms with Crippen LogP contribution in [0, 0.1) is 13.8 Å². The molecule has 0 aromatic heterocycles. The largest absolute Gasteiger partial charge is 0.508 e. The first-order valence-corrected chi connectivity index (χ1v) is 17.7. The monoisotopic (exact) mass is 629 g/mol. The molecule has 1 atom stereocenters. The topological polar surface area (TPSA) is 94.1 Å². The Morgan fingerprint density at radius 2 is 1.67 bits per heavy atom. The molecule has 0 saturated heterocycles. The quantitative estimate of drug-likeness (QED) is 0.119. The number of phenolic OH excluding ortho intramolecular Hbond substituents is 1. The standard InChI is InChI=1S/C37H44NO6P/c1-25(2)33-21-28(17-18-35(33)39)22-34-26(3)19-31(20-27(34)4)42-24-45(41,38-23-37(40)43-30-13-6-5-7-14-30)44-36-16-10-12-29-11-8-9-15-32(29)36/h8-12,15-21,25,30,39H,5-7,13-14,22-24H2,1-4H3,(H,38,41). The summed E-state index contributed by atoms with van der Waals surface area (Å²) in [7, 11) is -3.73. The van der Waals surface area contributed by atoms with Crippen LogP contribution >= 0.6 is 7.52 Å². The lowest BCUT2D eigenvalue weighted by Crippen LogP contribution is -2.30. The highest BCUT2D eigenvalue weighted by molar-refractivity contribution is 7.57. The number of aryl methyl sites for hydroxylation is 2. The summed E-state index contributed by atoms with van der Waals surface area (Å²) in [4.78, 5) is 12.7. The Balaban J connectivity index is 1.33. The number of hydrogen-bond donors (Lipinski definition) is 2. The van der Waals surface area contributed by atoms with Crippen LogP contribution < -0.4 is 14.3 Å². The molecule has 1 saturated carbocycles. The maximum absolute atomic E-state index is 14.3. The van der Waals surface area contributed by atoms with E-state index >= 15 is 0 Å². The van der Waals surface area contributed by atoms with Gasteiger partial charge in [0, 0.05) is 5.39 Å². The molecule has 5 rings (SSSR count). The SMILES string of the molecule is Cc1cc(OCP(=O)(NCC(=O)OC2CCCCC2)Oc2cccc3ccccc23)cc(C)c1Cc1ccc(O)c(C(C)C)c1. The van der Waals surface area contributed by atoms with E-state index in [1.165, 1.54) is 5.56 Å². The van der Waals surface area contributed by atoms with E-state index in [0.717, 1.165) is 65.1 Å². The van der Waals surface area contributed by atoms with E-state index < -0.39 is 13.5 Å². The number of benzene rings is 4. The Morgan fingerprint density at radius 1 is 0.956 bits per heavy atom. The van der Waals surface area contributed by atoms with Crippen LogP contribution in [0.1, 0.15) is 79.7 Å². The third-order valence-corrected chi connectivity index (χ3v) is 10.1. The number of nitrogens with one attached hydrogen (secondary N) is 1. The molecule has 0 bridgehead atoms. The number of carbonyl (C=O) groups is 1. The van der Waals surface area contributed by atoms with Gasteiger partial charge in [0.2, 0.25) is 0 Å². The van der Waals surface area contributed by atoms with E-state index in [4.69, 9.17) is 14.0 Å². The third kappa shape index (κ3) is 8.47. The second-order valence-corrected chi connectivity index (χ2v) is 14.5. The maximum Gasteiger partial charge on any atom is 0.354 e. The van der Waals surface area contributed by atoms with Crippen molar-refractivity contribution in [1.29, 1.82) is 0 Å². The molecule has 4 aromatic carbocycles. The Labute approximate surface area is 266 Å². The molecule has 0 spiro atoms. The van der Waals surface area contributed by atoms with E-state index in [2.05, 4.69) is 25.0 Å². The zero-order valence-electron chi connectivity index (χ0n) is 26.7. The number of phenols is 1. The fourth-order valence-corrected chi connectivity index (χ4v) is 7.36. The summed E-state index contributed by atoms with van der Waals surface area (Å²) in [5.74, 6) is 1.10.